The topological polar surface area (TPSA) is 107 Å². The molecule has 3 N–H and O–H groups in total. The maximum Gasteiger partial charge on any atom is 0.287 e. The Hall–Kier alpha value is -2.96. The fourth-order valence-electron chi connectivity index (χ4n) is 1.99. The van der Waals surface area contributed by atoms with Crippen molar-refractivity contribution in [2.75, 3.05) is 5.73 Å². The van der Waals surface area contributed by atoms with Gasteiger partial charge in [-0.25, -0.2) is 9.55 Å². The van der Waals surface area contributed by atoms with E-state index in [1.165, 1.54) is 6.33 Å². The summed E-state index contributed by atoms with van der Waals surface area (Å²) in [6, 6.07) is 9.12. The molecule has 100 valence electrons. The normalized spacial score (nSPS) is 10.8. The number of imidazole rings is 1. The minimum absolute atomic E-state index is 0.0757. The lowest BCUT2D eigenvalue weighted by Gasteiger charge is -2.07. The molecule has 0 bridgehead atoms. The first-order valence-corrected chi connectivity index (χ1v) is 5.95. The summed E-state index contributed by atoms with van der Waals surface area (Å²) in [5, 5.41) is 0. The molecule has 0 saturated heterocycles. The zero-order chi connectivity index (χ0) is 14.1. The van der Waals surface area contributed by atoms with E-state index >= 15 is 0 Å². The average Bonchev–Trinajstić information content (AvgIpc) is 2.88. The van der Waals surface area contributed by atoms with Gasteiger partial charge in [-0.2, -0.15) is 4.98 Å². The maximum absolute atomic E-state index is 12.2. The molecule has 0 saturated carbocycles. The molecule has 7 nitrogen and oxygen atoms in total. The molecule has 0 aliphatic heterocycles. The Morgan fingerprint density at radius 2 is 2.05 bits per heavy atom. The van der Waals surface area contributed by atoms with Crippen molar-refractivity contribution in [3.63, 3.8) is 0 Å². The van der Waals surface area contributed by atoms with Crippen molar-refractivity contribution in [3.8, 4) is 0 Å². The Kier molecular flexibility index (Phi) is 2.79. The second kappa shape index (κ2) is 4.61. The lowest BCUT2D eigenvalue weighted by atomic mass is 10.1. The Morgan fingerprint density at radius 1 is 1.30 bits per heavy atom. The third-order valence-corrected chi connectivity index (χ3v) is 2.93. The highest BCUT2D eigenvalue weighted by atomic mass is 16.2. The zero-order valence-corrected chi connectivity index (χ0v) is 10.4. The molecule has 7 heteroatoms. The number of carbonyl (C=O) groups is 1. The van der Waals surface area contributed by atoms with Gasteiger partial charge in [-0.3, -0.25) is 9.59 Å². The SMILES string of the molecule is Nc1nc2nc[nH]c2c(=O)n1C(=O)Cc1ccccc1. The van der Waals surface area contributed by atoms with Crippen molar-refractivity contribution in [2.45, 2.75) is 6.42 Å². The summed E-state index contributed by atoms with van der Waals surface area (Å²) < 4.78 is 0.869. The first kappa shape index (κ1) is 12.1. The van der Waals surface area contributed by atoms with E-state index in [1.807, 2.05) is 18.2 Å². The molecule has 0 unspecified atom stereocenters. The van der Waals surface area contributed by atoms with Crippen LogP contribution in [0.4, 0.5) is 5.95 Å². The summed E-state index contributed by atoms with van der Waals surface area (Å²) in [6.07, 6.45) is 1.41. The van der Waals surface area contributed by atoms with E-state index in [9.17, 15) is 9.59 Å². The zero-order valence-electron chi connectivity index (χ0n) is 10.4. The number of nitrogens with two attached hydrogens (primary N) is 1. The molecule has 0 aliphatic rings. The highest BCUT2D eigenvalue weighted by Crippen LogP contribution is 2.07. The number of anilines is 1. The highest BCUT2D eigenvalue weighted by molar-refractivity contribution is 5.86. The van der Waals surface area contributed by atoms with Crippen molar-refractivity contribution >= 4 is 23.0 Å². The largest absolute Gasteiger partial charge is 0.369 e. The van der Waals surface area contributed by atoms with Crippen molar-refractivity contribution in [3.05, 3.63) is 52.6 Å². The Balaban J connectivity index is 2.05. The molecule has 0 atom stereocenters. The minimum atomic E-state index is -0.536. The van der Waals surface area contributed by atoms with Gasteiger partial charge in [0, 0.05) is 0 Å². The van der Waals surface area contributed by atoms with E-state index < -0.39 is 11.5 Å². The number of nitrogens with zero attached hydrogens (tertiary/aromatic N) is 3. The number of nitrogen functional groups attached to an aromatic ring is 1. The molecule has 1 aromatic carbocycles. The number of nitrogens with one attached hydrogen (secondary N) is 1. The van der Waals surface area contributed by atoms with Gasteiger partial charge >= 0.3 is 0 Å². The van der Waals surface area contributed by atoms with Gasteiger partial charge < -0.3 is 10.7 Å². The summed E-state index contributed by atoms with van der Waals surface area (Å²) in [6.45, 7) is 0. The van der Waals surface area contributed by atoms with Crippen LogP contribution in [-0.4, -0.2) is 25.4 Å². The van der Waals surface area contributed by atoms with Crippen LogP contribution >= 0.6 is 0 Å². The van der Waals surface area contributed by atoms with Crippen LogP contribution in [0.3, 0.4) is 0 Å². The quantitative estimate of drug-likeness (QED) is 0.707. The molecule has 0 amide bonds. The molecule has 3 aromatic rings. The molecular formula is C13H11N5O2. The van der Waals surface area contributed by atoms with Crippen LogP contribution in [0.5, 0.6) is 0 Å². The highest BCUT2D eigenvalue weighted by Gasteiger charge is 2.16. The molecule has 0 aliphatic carbocycles. The third kappa shape index (κ3) is 1.95. The number of hydrogen-bond donors (Lipinski definition) is 2. The van der Waals surface area contributed by atoms with E-state index in [2.05, 4.69) is 15.0 Å². The molecular weight excluding hydrogens is 258 g/mol. The van der Waals surface area contributed by atoms with Crippen LogP contribution in [0.1, 0.15) is 10.4 Å². The van der Waals surface area contributed by atoms with E-state index in [0.717, 1.165) is 10.1 Å². The summed E-state index contributed by atoms with van der Waals surface area (Å²) in [4.78, 5) is 34.9. The Labute approximate surface area is 113 Å². The summed E-state index contributed by atoms with van der Waals surface area (Å²) in [5.41, 5.74) is 6.31. The summed E-state index contributed by atoms with van der Waals surface area (Å²) >= 11 is 0. The number of H-pyrrole nitrogens is 1. The van der Waals surface area contributed by atoms with Gasteiger partial charge in [0.2, 0.25) is 11.9 Å². The van der Waals surface area contributed by atoms with Crippen LogP contribution in [0.2, 0.25) is 0 Å². The van der Waals surface area contributed by atoms with E-state index in [1.54, 1.807) is 12.1 Å². The second-order valence-corrected chi connectivity index (χ2v) is 4.27. The molecule has 20 heavy (non-hydrogen) atoms. The molecule has 0 spiro atoms. The predicted octanol–water partition coefficient (Wildman–Crippen LogP) is 0.585. The van der Waals surface area contributed by atoms with Crippen molar-refractivity contribution in [1.29, 1.82) is 0 Å². The van der Waals surface area contributed by atoms with Crippen molar-refractivity contribution in [2.24, 2.45) is 0 Å². The number of benzene rings is 1. The van der Waals surface area contributed by atoms with Crippen LogP contribution in [0.15, 0.2) is 41.5 Å². The molecule has 2 aromatic heterocycles. The number of rotatable bonds is 2. The van der Waals surface area contributed by atoms with E-state index in [-0.39, 0.29) is 23.5 Å². The Morgan fingerprint density at radius 3 is 2.80 bits per heavy atom. The van der Waals surface area contributed by atoms with E-state index in [4.69, 9.17) is 5.73 Å². The summed E-state index contributed by atoms with van der Waals surface area (Å²) in [7, 11) is 0. The Bertz CT molecular complexity index is 835. The van der Waals surface area contributed by atoms with Crippen molar-refractivity contribution < 1.29 is 4.79 Å². The standard InChI is InChI=1S/C13H11N5O2/c14-13-17-11-10(15-7-16-11)12(20)18(13)9(19)6-8-4-2-1-3-5-8/h1-5,7H,6H2,(H2,14,17)(H,15,16). The fourth-order valence-corrected chi connectivity index (χ4v) is 1.99. The lowest BCUT2D eigenvalue weighted by molar-refractivity contribution is 0.0912. The van der Waals surface area contributed by atoms with Gasteiger partial charge in [0.1, 0.15) is 0 Å². The van der Waals surface area contributed by atoms with Gasteiger partial charge in [0.15, 0.2) is 11.2 Å². The van der Waals surface area contributed by atoms with E-state index in [0.29, 0.717) is 0 Å². The number of fused-ring (bicyclic) bond motifs is 1. The molecule has 3 rings (SSSR count). The molecule has 0 radical (unpaired) electrons. The monoisotopic (exact) mass is 269 g/mol. The molecule has 2 heterocycles. The molecule has 0 fully saturated rings. The predicted molar refractivity (Wildman–Crippen MR) is 73.3 cm³/mol. The van der Waals surface area contributed by atoms with Crippen LogP contribution < -0.4 is 11.3 Å². The first-order valence-electron chi connectivity index (χ1n) is 5.95. The van der Waals surface area contributed by atoms with Crippen LogP contribution in [0, 0.1) is 0 Å². The van der Waals surface area contributed by atoms with Gasteiger partial charge in [-0.05, 0) is 5.56 Å². The van der Waals surface area contributed by atoms with Crippen LogP contribution in [-0.2, 0) is 6.42 Å². The fraction of sp³-hybridized carbons (Fsp3) is 0.0769. The number of hydrogen-bond acceptors (Lipinski definition) is 5. The minimum Gasteiger partial charge on any atom is -0.369 e. The van der Waals surface area contributed by atoms with Crippen LogP contribution in [0.25, 0.3) is 11.2 Å². The van der Waals surface area contributed by atoms with Gasteiger partial charge in [-0.15, -0.1) is 0 Å². The summed E-state index contributed by atoms with van der Waals surface area (Å²) in [5.74, 6) is -0.585. The third-order valence-electron chi connectivity index (χ3n) is 2.93. The number of carbonyl (C=O) groups excluding carboxylic acids is 1. The smallest absolute Gasteiger partial charge is 0.287 e. The maximum atomic E-state index is 12.2. The van der Waals surface area contributed by atoms with Gasteiger partial charge in [-0.1, -0.05) is 30.3 Å². The van der Waals surface area contributed by atoms with Gasteiger partial charge in [0.25, 0.3) is 5.56 Å². The average molecular weight is 269 g/mol. The van der Waals surface area contributed by atoms with Crippen molar-refractivity contribution in [1.82, 2.24) is 19.5 Å². The number of aromatic amines is 1. The second-order valence-electron chi connectivity index (χ2n) is 4.27. The first-order chi connectivity index (χ1) is 9.66. The van der Waals surface area contributed by atoms with Gasteiger partial charge in [0.05, 0.1) is 12.7 Å². The lowest BCUT2D eigenvalue weighted by Crippen LogP contribution is -2.31. The number of aromatic nitrogens is 4.